The third kappa shape index (κ3) is 2.43. The predicted molar refractivity (Wildman–Crippen MR) is 65.3 cm³/mol. The van der Waals surface area contributed by atoms with Gasteiger partial charge in [-0.05, 0) is 49.7 Å². The molecular formula is C13H20OS. The van der Waals surface area contributed by atoms with E-state index in [1.165, 1.54) is 22.6 Å². The van der Waals surface area contributed by atoms with E-state index in [0.717, 1.165) is 12.8 Å². The third-order valence-corrected chi connectivity index (χ3v) is 4.96. The van der Waals surface area contributed by atoms with E-state index >= 15 is 0 Å². The summed E-state index contributed by atoms with van der Waals surface area (Å²) in [5.41, 5.74) is 0. The lowest BCUT2D eigenvalue weighted by atomic mass is 9.93. The van der Waals surface area contributed by atoms with Gasteiger partial charge in [0.05, 0.1) is 6.10 Å². The maximum absolute atomic E-state index is 9.70. The minimum absolute atomic E-state index is 0.0550. The molecule has 0 spiro atoms. The first-order valence-electron chi connectivity index (χ1n) is 5.96. The Balaban J connectivity index is 1.97. The van der Waals surface area contributed by atoms with Crippen molar-refractivity contribution in [1.29, 1.82) is 0 Å². The van der Waals surface area contributed by atoms with Gasteiger partial charge in [0.25, 0.3) is 0 Å². The van der Waals surface area contributed by atoms with Gasteiger partial charge in [0, 0.05) is 9.75 Å². The monoisotopic (exact) mass is 224 g/mol. The van der Waals surface area contributed by atoms with Crippen molar-refractivity contribution in [2.24, 2.45) is 11.8 Å². The molecule has 1 saturated carbocycles. The number of aliphatic hydroxyl groups is 1. The van der Waals surface area contributed by atoms with Gasteiger partial charge in [0.2, 0.25) is 0 Å². The molecule has 2 heteroatoms. The molecule has 1 nitrogen and oxygen atoms in total. The molecule has 1 N–H and O–H groups in total. The zero-order valence-corrected chi connectivity index (χ0v) is 10.4. The van der Waals surface area contributed by atoms with Gasteiger partial charge in [-0.1, -0.05) is 13.8 Å². The predicted octanol–water partition coefficient (Wildman–Crippen LogP) is 3.26. The summed E-state index contributed by atoms with van der Waals surface area (Å²) in [5, 5.41) is 9.70. The molecule has 0 radical (unpaired) electrons. The molecule has 1 aliphatic carbocycles. The molecule has 0 aliphatic heterocycles. The van der Waals surface area contributed by atoms with Crippen molar-refractivity contribution in [2.75, 3.05) is 0 Å². The van der Waals surface area contributed by atoms with E-state index in [9.17, 15) is 5.11 Å². The van der Waals surface area contributed by atoms with E-state index in [1.807, 2.05) is 11.3 Å². The number of hydrogen-bond donors (Lipinski definition) is 1. The highest BCUT2D eigenvalue weighted by Gasteiger charge is 2.31. The Kier molecular flexibility index (Phi) is 3.47. The fraction of sp³-hybridized carbons (Fsp3) is 0.692. The van der Waals surface area contributed by atoms with E-state index in [0.29, 0.717) is 11.8 Å². The number of aryl methyl sites for hydroxylation is 1. The summed E-state index contributed by atoms with van der Waals surface area (Å²) in [6.45, 7) is 4.40. The SMILES string of the molecule is CCc1ccc(CC2CCC(O)C2C)s1. The number of hydrogen-bond acceptors (Lipinski definition) is 2. The van der Waals surface area contributed by atoms with Crippen LogP contribution in [0.15, 0.2) is 12.1 Å². The van der Waals surface area contributed by atoms with Gasteiger partial charge in [-0.15, -0.1) is 11.3 Å². The standard InChI is InChI=1S/C13H20OS/c1-3-11-5-6-12(15-11)8-10-4-7-13(14)9(10)2/h5-6,9-10,13-14H,3-4,7-8H2,1-2H3. The Morgan fingerprint density at radius 2 is 2.07 bits per heavy atom. The van der Waals surface area contributed by atoms with Crippen LogP contribution < -0.4 is 0 Å². The van der Waals surface area contributed by atoms with Crippen LogP contribution in [-0.2, 0) is 12.8 Å². The quantitative estimate of drug-likeness (QED) is 0.835. The number of aliphatic hydroxyl groups excluding tert-OH is 1. The van der Waals surface area contributed by atoms with Crippen LogP contribution >= 0.6 is 11.3 Å². The van der Waals surface area contributed by atoms with Crippen molar-refractivity contribution < 1.29 is 5.11 Å². The van der Waals surface area contributed by atoms with Crippen molar-refractivity contribution >= 4 is 11.3 Å². The average molecular weight is 224 g/mol. The van der Waals surface area contributed by atoms with Crippen molar-refractivity contribution in [2.45, 2.75) is 45.6 Å². The maximum atomic E-state index is 9.70. The van der Waals surface area contributed by atoms with Crippen molar-refractivity contribution in [3.63, 3.8) is 0 Å². The van der Waals surface area contributed by atoms with Crippen molar-refractivity contribution in [1.82, 2.24) is 0 Å². The lowest BCUT2D eigenvalue weighted by Crippen LogP contribution is -2.16. The smallest absolute Gasteiger partial charge is 0.0568 e. The molecular weight excluding hydrogens is 204 g/mol. The molecule has 0 bridgehead atoms. The fourth-order valence-corrected chi connectivity index (χ4v) is 3.54. The van der Waals surface area contributed by atoms with Gasteiger partial charge in [0.1, 0.15) is 0 Å². The van der Waals surface area contributed by atoms with Crippen molar-refractivity contribution in [3.8, 4) is 0 Å². The van der Waals surface area contributed by atoms with Crippen LogP contribution in [0.2, 0.25) is 0 Å². The Labute approximate surface area is 96.1 Å². The largest absolute Gasteiger partial charge is 0.393 e. The number of rotatable bonds is 3. The molecule has 3 unspecified atom stereocenters. The lowest BCUT2D eigenvalue weighted by Gasteiger charge is -2.16. The highest BCUT2D eigenvalue weighted by Crippen LogP contribution is 2.35. The molecule has 3 atom stereocenters. The Hall–Kier alpha value is -0.340. The summed E-state index contributed by atoms with van der Waals surface area (Å²) in [6.07, 6.45) is 4.45. The van der Waals surface area contributed by atoms with Gasteiger partial charge < -0.3 is 5.11 Å². The van der Waals surface area contributed by atoms with E-state index in [2.05, 4.69) is 26.0 Å². The van der Waals surface area contributed by atoms with Gasteiger partial charge in [-0.3, -0.25) is 0 Å². The molecule has 1 heterocycles. The Morgan fingerprint density at radius 3 is 2.60 bits per heavy atom. The van der Waals surface area contributed by atoms with E-state index < -0.39 is 0 Å². The summed E-state index contributed by atoms with van der Waals surface area (Å²) >= 11 is 1.94. The molecule has 15 heavy (non-hydrogen) atoms. The molecule has 84 valence electrons. The fourth-order valence-electron chi connectivity index (χ4n) is 2.49. The summed E-state index contributed by atoms with van der Waals surface area (Å²) in [7, 11) is 0. The molecule has 0 saturated heterocycles. The summed E-state index contributed by atoms with van der Waals surface area (Å²) in [5.74, 6) is 1.18. The molecule has 1 aromatic heterocycles. The number of thiophene rings is 1. The maximum Gasteiger partial charge on any atom is 0.0568 e. The highest BCUT2D eigenvalue weighted by atomic mass is 32.1. The molecule has 1 aliphatic rings. The zero-order valence-electron chi connectivity index (χ0n) is 9.57. The second kappa shape index (κ2) is 4.67. The summed E-state index contributed by atoms with van der Waals surface area (Å²) < 4.78 is 0. The minimum atomic E-state index is -0.0550. The third-order valence-electron chi connectivity index (χ3n) is 3.71. The highest BCUT2D eigenvalue weighted by molar-refractivity contribution is 7.11. The molecule has 1 aromatic rings. The van der Waals surface area contributed by atoms with Gasteiger partial charge >= 0.3 is 0 Å². The topological polar surface area (TPSA) is 20.2 Å². The van der Waals surface area contributed by atoms with Crippen LogP contribution in [0.25, 0.3) is 0 Å². The van der Waals surface area contributed by atoms with Crippen LogP contribution in [-0.4, -0.2) is 11.2 Å². The first-order valence-corrected chi connectivity index (χ1v) is 6.78. The molecule has 0 amide bonds. The van der Waals surface area contributed by atoms with Crippen LogP contribution in [0.4, 0.5) is 0 Å². The second-order valence-electron chi connectivity index (χ2n) is 4.69. The zero-order chi connectivity index (χ0) is 10.8. The summed E-state index contributed by atoms with van der Waals surface area (Å²) in [4.78, 5) is 2.98. The lowest BCUT2D eigenvalue weighted by molar-refractivity contribution is 0.127. The molecule has 0 aromatic carbocycles. The van der Waals surface area contributed by atoms with Crippen LogP contribution in [0, 0.1) is 11.8 Å². The van der Waals surface area contributed by atoms with Crippen LogP contribution in [0.1, 0.15) is 36.4 Å². The second-order valence-corrected chi connectivity index (χ2v) is 5.94. The van der Waals surface area contributed by atoms with E-state index in [-0.39, 0.29) is 6.10 Å². The molecule has 2 rings (SSSR count). The first-order chi connectivity index (χ1) is 7.20. The molecule has 1 fully saturated rings. The van der Waals surface area contributed by atoms with Gasteiger partial charge in [0.15, 0.2) is 0 Å². The minimum Gasteiger partial charge on any atom is -0.393 e. The first kappa shape index (κ1) is 11.2. The Morgan fingerprint density at radius 1 is 1.33 bits per heavy atom. The van der Waals surface area contributed by atoms with E-state index in [1.54, 1.807) is 0 Å². The average Bonchev–Trinajstić information content (AvgIpc) is 2.80. The van der Waals surface area contributed by atoms with Gasteiger partial charge in [-0.2, -0.15) is 0 Å². The normalized spacial score (nSPS) is 31.0. The summed E-state index contributed by atoms with van der Waals surface area (Å²) in [6, 6.07) is 4.51. The van der Waals surface area contributed by atoms with Crippen molar-refractivity contribution in [3.05, 3.63) is 21.9 Å². The van der Waals surface area contributed by atoms with Crippen LogP contribution in [0.3, 0.4) is 0 Å². The Bertz CT molecular complexity index is 318. The van der Waals surface area contributed by atoms with E-state index in [4.69, 9.17) is 0 Å². The van der Waals surface area contributed by atoms with Gasteiger partial charge in [-0.25, -0.2) is 0 Å². The van der Waals surface area contributed by atoms with Crippen LogP contribution in [0.5, 0.6) is 0 Å².